The van der Waals surface area contributed by atoms with Crippen LogP contribution in [0.15, 0.2) is 60.8 Å². The van der Waals surface area contributed by atoms with Gasteiger partial charge in [-0.3, -0.25) is 9.59 Å². The van der Waals surface area contributed by atoms with Gasteiger partial charge in [-0.05, 0) is 94.0 Å². The van der Waals surface area contributed by atoms with E-state index in [1.165, 1.54) is 52.7 Å². The summed E-state index contributed by atoms with van der Waals surface area (Å²) in [6.07, 6.45) is 1.34. The molecule has 5 aromatic rings. The van der Waals surface area contributed by atoms with E-state index in [1.54, 1.807) is 6.20 Å². The van der Waals surface area contributed by atoms with Crippen molar-refractivity contribution in [1.82, 2.24) is 40.4 Å². The highest BCUT2D eigenvalue weighted by Gasteiger charge is 2.44. The summed E-state index contributed by atoms with van der Waals surface area (Å²) in [6, 6.07) is 15.9. The van der Waals surface area contributed by atoms with Gasteiger partial charge >= 0.3 is 12.2 Å². The number of nitrogens with zero attached hydrogens (tertiary/aromatic N) is 4. The molecule has 3 fully saturated rings. The lowest BCUT2D eigenvalue weighted by Gasteiger charge is -2.31. The fraction of sp³-hybridized carbons (Fsp3) is 0.469. The second kappa shape index (κ2) is 17.6. The smallest absolute Gasteiger partial charge is 0.407 e. The number of nitrogens with one attached hydrogen (secondary N) is 4. The van der Waals surface area contributed by atoms with Gasteiger partial charge in [-0.1, -0.05) is 70.2 Å². The molecule has 0 bridgehead atoms. The minimum Gasteiger partial charge on any atom is -0.453 e. The minimum absolute atomic E-state index is 0.0883. The Kier molecular flexibility index (Phi) is 11.9. The Morgan fingerprint density at radius 2 is 1.29 bits per heavy atom. The van der Waals surface area contributed by atoms with Crippen molar-refractivity contribution < 1.29 is 37.4 Å². The Morgan fingerprint density at radius 3 is 1.86 bits per heavy atom. The first-order valence-electron chi connectivity index (χ1n) is 22.6. The van der Waals surface area contributed by atoms with Crippen LogP contribution in [-0.4, -0.2) is 105 Å². The second-order valence-electron chi connectivity index (χ2n) is 18.7. The third-order valence-electron chi connectivity index (χ3n) is 14.0. The average Bonchev–Trinajstić information content (AvgIpc) is 4.13. The molecule has 4 amide bonds. The van der Waals surface area contributed by atoms with Crippen molar-refractivity contribution in [3.8, 4) is 33.5 Å². The van der Waals surface area contributed by atoms with Crippen LogP contribution in [0.3, 0.4) is 0 Å². The van der Waals surface area contributed by atoms with Crippen LogP contribution in [0.5, 0.6) is 0 Å². The standard InChI is InChI=1S/C49H56F2N8O6/c1-24(2)42(56-48(62)64-5)46(60)58-22-30(50)19-39(58)44-52-21-38(55-44)27-9-7-26(8-10-27)33-15-14-32(35-17-28-11-13-34(28)41(33)35)29-12-16-36-37(18-29)54-45(53-36)40-20-31(51)23-59(40)47(61)43(25(3)4)57-49(63)65-6/h7-10,12,14-16,18,21,24-25,28,30-31,34,39-40,42-43H,11,13,17,19-20,22-23H2,1-6H3,(H,52,55)(H,53,54)(H,56,62)(H,57,63)/t28?,30-,31+,34?,39-,40-,42-,43-/m0/s1. The predicted octanol–water partition coefficient (Wildman–Crippen LogP) is 8.32. The highest BCUT2D eigenvalue weighted by Crippen LogP contribution is 2.56. The molecule has 4 aliphatic rings. The van der Waals surface area contributed by atoms with Crippen molar-refractivity contribution in [1.29, 1.82) is 0 Å². The molecule has 65 heavy (non-hydrogen) atoms. The molecule has 8 atom stereocenters. The number of fused-ring (bicyclic) bond motifs is 4. The molecule has 3 aromatic carbocycles. The van der Waals surface area contributed by atoms with Crippen molar-refractivity contribution in [2.75, 3.05) is 27.3 Å². The molecule has 2 aromatic heterocycles. The van der Waals surface area contributed by atoms with Crippen LogP contribution in [0.25, 0.3) is 44.5 Å². The summed E-state index contributed by atoms with van der Waals surface area (Å²) in [5.74, 6) is 0.821. The quantitative estimate of drug-likeness (QED) is 0.102. The summed E-state index contributed by atoms with van der Waals surface area (Å²) < 4.78 is 39.5. The number of alkyl carbamates (subject to hydrolysis) is 2. The molecule has 342 valence electrons. The van der Waals surface area contributed by atoms with Gasteiger partial charge in [-0.15, -0.1) is 0 Å². The van der Waals surface area contributed by atoms with Gasteiger partial charge < -0.3 is 39.9 Å². The number of imidazole rings is 2. The zero-order valence-electron chi connectivity index (χ0n) is 37.5. The van der Waals surface area contributed by atoms with Gasteiger partial charge in [0.2, 0.25) is 11.8 Å². The van der Waals surface area contributed by atoms with E-state index in [0.717, 1.165) is 46.3 Å². The number of aromatic amines is 2. The minimum atomic E-state index is -1.23. The maximum absolute atomic E-state index is 15.0. The molecule has 16 heteroatoms. The molecule has 2 aliphatic heterocycles. The Hall–Kier alpha value is -6.32. The van der Waals surface area contributed by atoms with Crippen LogP contribution in [0.4, 0.5) is 18.4 Å². The van der Waals surface area contributed by atoms with Gasteiger partial charge in [0.1, 0.15) is 36.1 Å². The van der Waals surface area contributed by atoms with Gasteiger partial charge in [0, 0.05) is 12.8 Å². The number of carbonyl (C=O) groups is 4. The number of methoxy groups -OCH3 is 2. The van der Waals surface area contributed by atoms with E-state index in [0.29, 0.717) is 23.5 Å². The van der Waals surface area contributed by atoms with E-state index in [-0.39, 0.29) is 49.6 Å². The summed E-state index contributed by atoms with van der Waals surface area (Å²) >= 11 is 0. The molecule has 0 radical (unpaired) electrons. The van der Waals surface area contributed by atoms with E-state index >= 15 is 4.39 Å². The Bertz CT molecular complexity index is 2630. The number of H-pyrrole nitrogens is 2. The predicted molar refractivity (Wildman–Crippen MR) is 240 cm³/mol. The first kappa shape index (κ1) is 43.9. The SMILES string of the molecule is COC(=O)N[C@H](C(=O)N1C[C@@H](F)C[C@H]1c1ncc(-c2ccc(-c3ccc(-c4ccc5nc([C@@H]6C[C@@H](F)CN6C(=O)[C@@H](NC(=O)OC)C(C)C)[nH]c5c4)c4c3C3CCC3C4)cc2)[nH]1)C(C)C. The fourth-order valence-electron chi connectivity index (χ4n) is 10.5. The third kappa shape index (κ3) is 8.20. The van der Waals surface area contributed by atoms with Gasteiger partial charge in [0.25, 0.3) is 0 Å². The molecule has 2 aliphatic carbocycles. The van der Waals surface area contributed by atoms with E-state index in [2.05, 4.69) is 74.1 Å². The Morgan fingerprint density at radius 1 is 0.723 bits per heavy atom. The normalized spacial score (nSPS) is 23.3. The summed E-state index contributed by atoms with van der Waals surface area (Å²) in [5, 5.41) is 5.23. The van der Waals surface area contributed by atoms with Crippen molar-refractivity contribution in [2.24, 2.45) is 17.8 Å². The number of rotatable bonds is 11. The molecule has 2 unspecified atom stereocenters. The largest absolute Gasteiger partial charge is 0.453 e. The van der Waals surface area contributed by atoms with Crippen LogP contribution in [0.2, 0.25) is 0 Å². The van der Waals surface area contributed by atoms with Gasteiger partial charge in [0.05, 0.1) is 62.3 Å². The maximum atomic E-state index is 15.0. The first-order chi connectivity index (χ1) is 31.2. The van der Waals surface area contributed by atoms with Crippen molar-refractivity contribution in [3.63, 3.8) is 0 Å². The summed E-state index contributed by atoms with van der Waals surface area (Å²) in [4.78, 5) is 70.7. The van der Waals surface area contributed by atoms with Gasteiger partial charge in [0.15, 0.2) is 0 Å². The fourth-order valence-corrected chi connectivity index (χ4v) is 10.5. The molecular formula is C49H56F2N8O6. The molecule has 2 saturated heterocycles. The van der Waals surface area contributed by atoms with Crippen molar-refractivity contribution >= 4 is 35.0 Å². The number of amides is 4. The third-order valence-corrected chi connectivity index (χ3v) is 14.0. The summed E-state index contributed by atoms with van der Waals surface area (Å²) in [7, 11) is 2.48. The zero-order valence-corrected chi connectivity index (χ0v) is 37.5. The van der Waals surface area contributed by atoms with E-state index in [4.69, 9.17) is 14.5 Å². The second-order valence-corrected chi connectivity index (χ2v) is 18.7. The van der Waals surface area contributed by atoms with Gasteiger partial charge in [-0.2, -0.15) is 0 Å². The summed E-state index contributed by atoms with van der Waals surface area (Å²) in [5.41, 5.74) is 10.4. The summed E-state index contributed by atoms with van der Waals surface area (Å²) in [6.45, 7) is 7.10. The number of aromatic nitrogens is 4. The Balaban J connectivity index is 0.957. The van der Waals surface area contributed by atoms with Crippen LogP contribution < -0.4 is 10.6 Å². The number of alkyl halides is 2. The number of carbonyl (C=O) groups excluding carboxylic acids is 4. The van der Waals surface area contributed by atoms with E-state index < -0.39 is 48.7 Å². The van der Waals surface area contributed by atoms with E-state index in [1.807, 2.05) is 33.8 Å². The molecule has 1 saturated carbocycles. The number of benzene rings is 3. The number of likely N-dealkylation sites (tertiary alicyclic amines) is 2. The Labute approximate surface area is 376 Å². The number of halogens is 2. The number of ether oxygens (including phenoxy) is 2. The van der Waals surface area contributed by atoms with Crippen LogP contribution in [0, 0.1) is 17.8 Å². The molecule has 14 nitrogen and oxygen atoms in total. The lowest BCUT2D eigenvalue weighted by Crippen LogP contribution is -2.51. The molecule has 4 N–H and O–H groups in total. The van der Waals surface area contributed by atoms with Gasteiger partial charge in [-0.25, -0.2) is 28.3 Å². The monoisotopic (exact) mass is 890 g/mol. The highest BCUT2D eigenvalue weighted by molar-refractivity contribution is 5.89. The lowest BCUT2D eigenvalue weighted by molar-refractivity contribution is -0.136. The molecular weight excluding hydrogens is 835 g/mol. The number of hydrogen-bond acceptors (Lipinski definition) is 8. The lowest BCUT2D eigenvalue weighted by atomic mass is 9.73. The average molecular weight is 891 g/mol. The first-order valence-corrected chi connectivity index (χ1v) is 22.6. The van der Waals surface area contributed by atoms with Crippen LogP contribution in [0.1, 0.15) is 94.2 Å². The zero-order chi connectivity index (χ0) is 45.8. The number of hydrogen-bond donors (Lipinski definition) is 4. The van der Waals surface area contributed by atoms with E-state index in [9.17, 15) is 23.6 Å². The van der Waals surface area contributed by atoms with Crippen molar-refractivity contribution in [3.05, 3.63) is 83.6 Å². The van der Waals surface area contributed by atoms with Crippen molar-refractivity contribution in [2.45, 2.75) is 102 Å². The topological polar surface area (TPSA) is 175 Å². The molecule has 0 spiro atoms. The molecule has 4 heterocycles. The highest BCUT2D eigenvalue weighted by atomic mass is 19.1. The molecule has 9 rings (SSSR count). The van der Waals surface area contributed by atoms with Crippen LogP contribution in [-0.2, 0) is 25.5 Å². The maximum Gasteiger partial charge on any atom is 0.407 e. The van der Waals surface area contributed by atoms with Crippen LogP contribution >= 0.6 is 0 Å².